The highest BCUT2D eigenvalue weighted by Crippen LogP contribution is 2.26. The molecule has 0 aliphatic carbocycles. The predicted molar refractivity (Wildman–Crippen MR) is 64.7 cm³/mol. The number of nitrogens with zero attached hydrogens (tertiary/aromatic N) is 3. The highest BCUT2D eigenvalue weighted by Gasteiger charge is 2.24. The van der Waals surface area contributed by atoms with Gasteiger partial charge in [-0.2, -0.15) is 0 Å². The zero-order valence-electron chi connectivity index (χ0n) is 10.0. The van der Waals surface area contributed by atoms with Gasteiger partial charge < -0.3 is 0 Å². The Bertz CT molecular complexity index is 457. The summed E-state index contributed by atoms with van der Waals surface area (Å²) in [4.78, 5) is 0. The molecule has 2 rings (SSSR count). The van der Waals surface area contributed by atoms with Crippen LogP contribution >= 0.6 is 0 Å². The van der Waals surface area contributed by atoms with E-state index in [1.165, 1.54) is 0 Å². The van der Waals surface area contributed by atoms with Crippen molar-refractivity contribution in [2.45, 2.75) is 32.6 Å². The zero-order chi connectivity index (χ0) is 11.6. The quantitative estimate of drug-likeness (QED) is 0.788. The van der Waals surface area contributed by atoms with Crippen molar-refractivity contribution in [2.24, 2.45) is 0 Å². The first-order chi connectivity index (χ1) is 7.65. The van der Waals surface area contributed by atoms with E-state index in [4.69, 9.17) is 0 Å². The number of hydrogen-bond acceptors (Lipinski definition) is 2. The maximum atomic E-state index is 4.25. The second kappa shape index (κ2) is 4.08. The summed E-state index contributed by atoms with van der Waals surface area (Å²) in [5, 5.41) is 8.27. The topological polar surface area (TPSA) is 30.7 Å². The molecule has 0 saturated carbocycles. The summed E-state index contributed by atoms with van der Waals surface area (Å²) in [5.74, 6) is 1.02. The summed E-state index contributed by atoms with van der Waals surface area (Å²) in [6.07, 6.45) is 2.82. The molecular formula is C13H17N3. The lowest BCUT2D eigenvalue weighted by atomic mass is 9.89. The van der Waals surface area contributed by atoms with E-state index in [2.05, 4.69) is 47.7 Å². The summed E-state index contributed by atoms with van der Waals surface area (Å²) in [6.45, 7) is 6.55. The molecule has 1 aromatic carbocycles. The van der Waals surface area contributed by atoms with Crippen molar-refractivity contribution in [1.82, 2.24) is 14.8 Å². The van der Waals surface area contributed by atoms with Gasteiger partial charge in [0.1, 0.15) is 12.2 Å². The fourth-order valence-electron chi connectivity index (χ4n) is 1.63. The standard InChI is InChI=1S/C13H17N3/c1-4-13(2,3)12-15-14-10-16(12)11-8-6-5-7-9-11/h5-10H,4H2,1-3H3. The molecule has 1 aromatic heterocycles. The van der Waals surface area contributed by atoms with Crippen LogP contribution in [0.1, 0.15) is 33.0 Å². The van der Waals surface area contributed by atoms with Gasteiger partial charge in [0, 0.05) is 11.1 Å². The minimum atomic E-state index is 0.0480. The van der Waals surface area contributed by atoms with Gasteiger partial charge in [-0.25, -0.2) is 0 Å². The van der Waals surface area contributed by atoms with Gasteiger partial charge in [-0.05, 0) is 18.6 Å². The molecule has 0 saturated heterocycles. The molecule has 0 atom stereocenters. The summed E-state index contributed by atoms with van der Waals surface area (Å²) in [7, 11) is 0. The molecule has 0 fully saturated rings. The minimum Gasteiger partial charge on any atom is -0.285 e. The summed E-state index contributed by atoms with van der Waals surface area (Å²) < 4.78 is 2.06. The van der Waals surface area contributed by atoms with E-state index >= 15 is 0 Å². The summed E-state index contributed by atoms with van der Waals surface area (Å²) in [6, 6.07) is 10.2. The van der Waals surface area contributed by atoms with E-state index in [9.17, 15) is 0 Å². The van der Waals surface area contributed by atoms with Crippen LogP contribution in [0.25, 0.3) is 5.69 Å². The van der Waals surface area contributed by atoms with Gasteiger partial charge in [-0.1, -0.05) is 39.0 Å². The van der Waals surface area contributed by atoms with Crippen LogP contribution in [0.5, 0.6) is 0 Å². The first kappa shape index (κ1) is 10.9. The second-order valence-corrected chi connectivity index (χ2v) is 4.60. The monoisotopic (exact) mass is 215 g/mol. The first-order valence-corrected chi connectivity index (χ1v) is 5.61. The van der Waals surface area contributed by atoms with E-state index < -0.39 is 0 Å². The molecule has 0 radical (unpaired) electrons. The molecule has 2 aromatic rings. The lowest BCUT2D eigenvalue weighted by Crippen LogP contribution is -2.21. The van der Waals surface area contributed by atoms with Crippen molar-refractivity contribution in [1.29, 1.82) is 0 Å². The Balaban J connectivity index is 2.49. The van der Waals surface area contributed by atoms with Crippen LogP contribution in [-0.2, 0) is 5.41 Å². The second-order valence-electron chi connectivity index (χ2n) is 4.60. The van der Waals surface area contributed by atoms with E-state index in [1.807, 2.05) is 18.2 Å². The molecule has 0 bridgehead atoms. The molecule has 3 nitrogen and oxygen atoms in total. The predicted octanol–water partition coefficient (Wildman–Crippen LogP) is 2.95. The Morgan fingerprint density at radius 3 is 2.50 bits per heavy atom. The highest BCUT2D eigenvalue weighted by molar-refractivity contribution is 5.33. The van der Waals surface area contributed by atoms with Crippen LogP contribution in [0.4, 0.5) is 0 Å². The zero-order valence-corrected chi connectivity index (χ0v) is 10.0. The largest absolute Gasteiger partial charge is 0.285 e. The van der Waals surface area contributed by atoms with Gasteiger partial charge in [0.25, 0.3) is 0 Å². The molecule has 0 unspecified atom stereocenters. The molecule has 0 aliphatic heterocycles. The van der Waals surface area contributed by atoms with Crippen LogP contribution in [0.15, 0.2) is 36.7 Å². The molecule has 0 spiro atoms. The Hall–Kier alpha value is -1.64. The number of hydrogen-bond donors (Lipinski definition) is 0. The molecule has 0 N–H and O–H groups in total. The lowest BCUT2D eigenvalue weighted by Gasteiger charge is -2.22. The Morgan fingerprint density at radius 2 is 1.88 bits per heavy atom. The van der Waals surface area contributed by atoms with Crippen molar-refractivity contribution in [2.75, 3.05) is 0 Å². The molecule has 0 amide bonds. The Kier molecular flexibility index (Phi) is 2.77. The highest BCUT2D eigenvalue weighted by atomic mass is 15.3. The van der Waals surface area contributed by atoms with Gasteiger partial charge in [-0.15, -0.1) is 10.2 Å². The van der Waals surface area contributed by atoms with Crippen LogP contribution in [0, 0.1) is 0 Å². The number of aromatic nitrogens is 3. The molecule has 0 aliphatic rings. The SMILES string of the molecule is CCC(C)(C)c1nncn1-c1ccccc1. The maximum absolute atomic E-state index is 4.25. The van der Waals surface area contributed by atoms with E-state index in [0.29, 0.717) is 0 Å². The van der Waals surface area contributed by atoms with Crippen LogP contribution in [0.2, 0.25) is 0 Å². The van der Waals surface area contributed by atoms with Crippen molar-refractivity contribution in [3.63, 3.8) is 0 Å². The third-order valence-electron chi connectivity index (χ3n) is 3.07. The molecule has 3 heteroatoms. The smallest absolute Gasteiger partial charge is 0.143 e. The fraction of sp³-hybridized carbons (Fsp3) is 0.385. The minimum absolute atomic E-state index is 0.0480. The van der Waals surface area contributed by atoms with Crippen molar-refractivity contribution in [3.8, 4) is 5.69 Å². The number of benzene rings is 1. The van der Waals surface area contributed by atoms with E-state index in [0.717, 1.165) is 17.9 Å². The normalized spacial score (nSPS) is 11.7. The maximum Gasteiger partial charge on any atom is 0.143 e. The third-order valence-corrected chi connectivity index (χ3v) is 3.07. The van der Waals surface area contributed by atoms with Gasteiger partial charge in [0.2, 0.25) is 0 Å². The van der Waals surface area contributed by atoms with Gasteiger partial charge >= 0.3 is 0 Å². The Labute approximate surface area is 96.1 Å². The van der Waals surface area contributed by atoms with Gasteiger partial charge in [0.05, 0.1) is 0 Å². The van der Waals surface area contributed by atoms with Gasteiger partial charge in [0.15, 0.2) is 0 Å². The van der Waals surface area contributed by atoms with Crippen molar-refractivity contribution >= 4 is 0 Å². The molecular weight excluding hydrogens is 198 g/mol. The fourth-order valence-corrected chi connectivity index (χ4v) is 1.63. The van der Waals surface area contributed by atoms with Crippen LogP contribution in [0.3, 0.4) is 0 Å². The van der Waals surface area contributed by atoms with Crippen molar-refractivity contribution < 1.29 is 0 Å². The Morgan fingerprint density at radius 1 is 1.19 bits per heavy atom. The third kappa shape index (κ3) is 1.85. The van der Waals surface area contributed by atoms with Crippen LogP contribution in [-0.4, -0.2) is 14.8 Å². The number of rotatable bonds is 3. The van der Waals surface area contributed by atoms with E-state index in [-0.39, 0.29) is 5.41 Å². The first-order valence-electron chi connectivity index (χ1n) is 5.61. The lowest BCUT2D eigenvalue weighted by molar-refractivity contribution is 0.464. The van der Waals surface area contributed by atoms with Crippen LogP contribution < -0.4 is 0 Å². The van der Waals surface area contributed by atoms with E-state index in [1.54, 1.807) is 6.33 Å². The average molecular weight is 215 g/mol. The van der Waals surface area contributed by atoms with Gasteiger partial charge in [-0.3, -0.25) is 4.57 Å². The van der Waals surface area contributed by atoms with Crippen molar-refractivity contribution in [3.05, 3.63) is 42.5 Å². The summed E-state index contributed by atoms with van der Waals surface area (Å²) in [5.41, 5.74) is 1.16. The number of para-hydroxylation sites is 1. The average Bonchev–Trinajstić information content (AvgIpc) is 2.80. The molecule has 84 valence electrons. The molecule has 1 heterocycles. The molecule has 16 heavy (non-hydrogen) atoms. The summed E-state index contributed by atoms with van der Waals surface area (Å²) >= 11 is 0.